The molecule has 1 amide bonds. The van der Waals surface area contributed by atoms with Gasteiger partial charge < -0.3 is 10.0 Å². The molecule has 1 aliphatic rings. The number of halogens is 2. The summed E-state index contributed by atoms with van der Waals surface area (Å²) in [5.41, 5.74) is -0.0541. The van der Waals surface area contributed by atoms with E-state index < -0.39 is 5.82 Å². The Bertz CT molecular complexity index is 424. The molecule has 0 spiro atoms. The van der Waals surface area contributed by atoms with Gasteiger partial charge in [-0.1, -0.05) is 17.7 Å². The highest BCUT2D eigenvalue weighted by molar-refractivity contribution is 6.33. The second kappa shape index (κ2) is 5.67. The first-order valence-electron chi connectivity index (χ1n) is 5.97. The maximum absolute atomic E-state index is 13.6. The Morgan fingerprint density at radius 3 is 2.67 bits per heavy atom. The maximum atomic E-state index is 13.6. The van der Waals surface area contributed by atoms with Crippen LogP contribution in [0.2, 0.25) is 5.02 Å². The number of benzene rings is 1. The van der Waals surface area contributed by atoms with E-state index in [1.54, 1.807) is 4.90 Å². The number of likely N-dealkylation sites (tertiary alicyclic amines) is 1. The molecule has 0 aromatic heterocycles. The Hall–Kier alpha value is -1.13. The third-order valence-electron chi connectivity index (χ3n) is 3.34. The first-order valence-corrected chi connectivity index (χ1v) is 6.35. The Kier molecular flexibility index (Phi) is 4.19. The van der Waals surface area contributed by atoms with Crippen LogP contribution in [-0.2, 0) is 0 Å². The summed E-state index contributed by atoms with van der Waals surface area (Å²) in [6, 6.07) is 4.23. The van der Waals surface area contributed by atoms with Crippen molar-refractivity contribution in [2.24, 2.45) is 5.92 Å². The molecule has 2 rings (SSSR count). The topological polar surface area (TPSA) is 40.5 Å². The van der Waals surface area contributed by atoms with Gasteiger partial charge in [0.1, 0.15) is 5.82 Å². The van der Waals surface area contributed by atoms with E-state index in [0.717, 1.165) is 12.8 Å². The quantitative estimate of drug-likeness (QED) is 0.897. The monoisotopic (exact) mass is 271 g/mol. The summed E-state index contributed by atoms with van der Waals surface area (Å²) in [6.07, 6.45) is 1.49. The third kappa shape index (κ3) is 2.65. The second-order valence-corrected chi connectivity index (χ2v) is 4.92. The van der Waals surface area contributed by atoms with Gasteiger partial charge in [-0.2, -0.15) is 0 Å². The van der Waals surface area contributed by atoms with E-state index in [1.165, 1.54) is 18.2 Å². The van der Waals surface area contributed by atoms with Crippen molar-refractivity contribution in [3.63, 3.8) is 0 Å². The van der Waals surface area contributed by atoms with Crippen LogP contribution in [0, 0.1) is 11.7 Å². The van der Waals surface area contributed by atoms with Gasteiger partial charge in [0.25, 0.3) is 5.91 Å². The highest BCUT2D eigenvalue weighted by Gasteiger charge is 2.26. The van der Waals surface area contributed by atoms with Crippen LogP contribution in [0.25, 0.3) is 0 Å². The minimum absolute atomic E-state index is 0.0541. The molecule has 0 unspecified atom stereocenters. The molecule has 0 bridgehead atoms. The van der Waals surface area contributed by atoms with Crippen molar-refractivity contribution in [1.29, 1.82) is 0 Å². The molecule has 1 saturated heterocycles. The van der Waals surface area contributed by atoms with Crippen molar-refractivity contribution >= 4 is 17.5 Å². The van der Waals surface area contributed by atoms with Crippen LogP contribution in [0.1, 0.15) is 23.2 Å². The number of carbonyl (C=O) groups is 1. The molecule has 3 nitrogen and oxygen atoms in total. The average molecular weight is 272 g/mol. The Labute approximate surface area is 110 Å². The summed E-state index contributed by atoms with van der Waals surface area (Å²) in [6.45, 7) is 1.21. The molecular formula is C13H15ClFNO2. The largest absolute Gasteiger partial charge is 0.396 e. The van der Waals surface area contributed by atoms with Gasteiger partial charge >= 0.3 is 0 Å². The second-order valence-electron chi connectivity index (χ2n) is 4.51. The average Bonchev–Trinajstić information content (AvgIpc) is 2.38. The number of aliphatic hydroxyl groups excluding tert-OH is 1. The van der Waals surface area contributed by atoms with Crippen molar-refractivity contribution in [1.82, 2.24) is 4.90 Å². The van der Waals surface area contributed by atoms with Crippen LogP contribution in [0.5, 0.6) is 0 Å². The number of aliphatic hydroxyl groups is 1. The Morgan fingerprint density at radius 1 is 1.44 bits per heavy atom. The molecule has 1 aromatic carbocycles. The minimum Gasteiger partial charge on any atom is -0.396 e. The maximum Gasteiger partial charge on any atom is 0.258 e. The molecule has 0 saturated carbocycles. The molecule has 5 heteroatoms. The Morgan fingerprint density at radius 2 is 2.11 bits per heavy atom. The SMILES string of the molecule is O=C(c1c(F)cccc1Cl)N1CCC(CO)CC1. The predicted octanol–water partition coefficient (Wildman–Crippen LogP) is 2.32. The molecule has 0 aliphatic carbocycles. The van der Waals surface area contributed by atoms with Crippen molar-refractivity contribution in [3.05, 3.63) is 34.6 Å². The van der Waals surface area contributed by atoms with Gasteiger partial charge in [0.2, 0.25) is 0 Å². The van der Waals surface area contributed by atoms with E-state index in [0.29, 0.717) is 13.1 Å². The van der Waals surface area contributed by atoms with E-state index in [-0.39, 0.29) is 29.0 Å². The van der Waals surface area contributed by atoms with Crippen molar-refractivity contribution in [3.8, 4) is 0 Å². The summed E-state index contributed by atoms with van der Waals surface area (Å²) < 4.78 is 13.6. The fourth-order valence-corrected chi connectivity index (χ4v) is 2.42. The van der Waals surface area contributed by atoms with Crippen molar-refractivity contribution < 1.29 is 14.3 Å². The minimum atomic E-state index is -0.586. The van der Waals surface area contributed by atoms with Crippen LogP contribution in [0.15, 0.2) is 18.2 Å². The van der Waals surface area contributed by atoms with Crippen molar-refractivity contribution in [2.75, 3.05) is 19.7 Å². The molecule has 0 radical (unpaired) electrons. The lowest BCUT2D eigenvalue weighted by Crippen LogP contribution is -2.39. The number of amides is 1. The van der Waals surface area contributed by atoms with E-state index >= 15 is 0 Å². The van der Waals surface area contributed by atoms with E-state index in [4.69, 9.17) is 16.7 Å². The molecular weight excluding hydrogens is 257 g/mol. The zero-order chi connectivity index (χ0) is 13.1. The lowest BCUT2D eigenvalue weighted by Gasteiger charge is -2.31. The van der Waals surface area contributed by atoms with Crippen LogP contribution >= 0.6 is 11.6 Å². The van der Waals surface area contributed by atoms with E-state index in [1.807, 2.05) is 0 Å². The summed E-state index contributed by atoms with van der Waals surface area (Å²) in [5, 5.41) is 9.18. The smallest absolute Gasteiger partial charge is 0.258 e. The van der Waals surface area contributed by atoms with Crippen LogP contribution in [0.3, 0.4) is 0 Å². The summed E-state index contributed by atoms with van der Waals surface area (Å²) in [4.78, 5) is 13.8. The number of hydrogen-bond donors (Lipinski definition) is 1. The first-order chi connectivity index (χ1) is 8.63. The zero-order valence-corrected chi connectivity index (χ0v) is 10.7. The molecule has 1 heterocycles. The zero-order valence-electron chi connectivity index (χ0n) is 9.90. The summed E-state index contributed by atoms with van der Waals surface area (Å²) in [5.74, 6) is -0.712. The normalized spacial score (nSPS) is 16.9. The summed E-state index contributed by atoms with van der Waals surface area (Å²) >= 11 is 5.87. The molecule has 18 heavy (non-hydrogen) atoms. The third-order valence-corrected chi connectivity index (χ3v) is 3.65. The molecule has 1 N–H and O–H groups in total. The number of carbonyl (C=O) groups excluding carboxylic acids is 1. The summed E-state index contributed by atoms with van der Waals surface area (Å²) in [7, 11) is 0. The molecule has 98 valence electrons. The first kappa shape index (κ1) is 13.3. The van der Waals surface area contributed by atoms with E-state index in [2.05, 4.69) is 0 Å². The Balaban J connectivity index is 2.13. The lowest BCUT2D eigenvalue weighted by atomic mass is 9.97. The van der Waals surface area contributed by atoms with Gasteiger partial charge in [0.15, 0.2) is 0 Å². The van der Waals surface area contributed by atoms with E-state index in [9.17, 15) is 9.18 Å². The highest BCUT2D eigenvalue weighted by atomic mass is 35.5. The number of piperidine rings is 1. The highest BCUT2D eigenvalue weighted by Crippen LogP contribution is 2.24. The fraction of sp³-hybridized carbons (Fsp3) is 0.462. The molecule has 0 atom stereocenters. The molecule has 1 aromatic rings. The van der Waals surface area contributed by atoms with Gasteiger partial charge in [-0.25, -0.2) is 4.39 Å². The number of rotatable bonds is 2. The van der Waals surface area contributed by atoms with Crippen LogP contribution in [0.4, 0.5) is 4.39 Å². The van der Waals surface area contributed by atoms with Gasteiger partial charge in [-0.3, -0.25) is 4.79 Å². The van der Waals surface area contributed by atoms with Crippen LogP contribution < -0.4 is 0 Å². The molecule has 1 aliphatic heterocycles. The number of nitrogens with zero attached hydrogens (tertiary/aromatic N) is 1. The molecule has 1 fully saturated rings. The standard InChI is InChI=1S/C13H15ClFNO2/c14-10-2-1-3-11(15)12(10)13(18)16-6-4-9(8-17)5-7-16/h1-3,9,17H,4-8H2. The van der Waals surface area contributed by atoms with Gasteiger partial charge in [0.05, 0.1) is 10.6 Å². The van der Waals surface area contributed by atoms with Gasteiger partial charge in [-0.05, 0) is 30.9 Å². The number of hydrogen-bond acceptors (Lipinski definition) is 2. The van der Waals surface area contributed by atoms with Gasteiger partial charge in [-0.15, -0.1) is 0 Å². The fourth-order valence-electron chi connectivity index (χ4n) is 2.18. The predicted molar refractivity (Wildman–Crippen MR) is 67.1 cm³/mol. The van der Waals surface area contributed by atoms with Crippen LogP contribution in [-0.4, -0.2) is 35.6 Å². The van der Waals surface area contributed by atoms with Gasteiger partial charge in [0, 0.05) is 19.7 Å². The van der Waals surface area contributed by atoms with Crippen molar-refractivity contribution in [2.45, 2.75) is 12.8 Å². The lowest BCUT2D eigenvalue weighted by molar-refractivity contribution is 0.0646.